The van der Waals surface area contributed by atoms with E-state index in [2.05, 4.69) is 10.3 Å². The van der Waals surface area contributed by atoms with E-state index in [1.165, 1.54) is 0 Å². The normalized spacial score (nSPS) is 12.8. The van der Waals surface area contributed by atoms with Crippen LogP contribution >= 0.6 is 0 Å². The third kappa shape index (κ3) is 8.53. The molecule has 36 heavy (non-hydrogen) atoms. The Bertz CT molecular complexity index is 1110. The summed E-state index contributed by atoms with van der Waals surface area (Å²) in [6.07, 6.45) is 1.07. The molecule has 0 saturated carbocycles. The molecule has 4 N–H and O–H groups in total. The number of amides is 1. The van der Waals surface area contributed by atoms with Crippen LogP contribution in [0, 0.1) is 5.92 Å². The van der Waals surface area contributed by atoms with Crippen molar-refractivity contribution in [2.45, 2.75) is 58.2 Å². The Balaban J connectivity index is 1.54. The molecule has 2 atom stereocenters. The standard InChI is InChI=1S/C28H35N3O5/c1-19(2)14-15-35-28(34)25(17-22-16-21-10-6-7-11-24(21)30-22)31-26(32)13-12-23(29)27(33)36-18-20-8-4-3-5-9-20/h3-11,16,19,23,25,30H,12-15,17-18,29H2,1-2H3,(H,31,32)/t23-,25+/m1/s1. The summed E-state index contributed by atoms with van der Waals surface area (Å²) in [5.41, 5.74) is 8.54. The van der Waals surface area contributed by atoms with Gasteiger partial charge in [-0.3, -0.25) is 9.59 Å². The number of nitrogens with two attached hydrogens (primary N) is 1. The first-order chi connectivity index (χ1) is 17.3. The van der Waals surface area contributed by atoms with Gasteiger partial charge in [0, 0.05) is 24.1 Å². The second-order valence-electron chi connectivity index (χ2n) is 9.29. The maximum absolute atomic E-state index is 12.8. The third-order valence-electron chi connectivity index (χ3n) is 5.78. The van der Waals surface area contributed by atoms with Crippen molar-refractivity contribution in [3.05, 3.63) is 71.9 Å². The maximum Gasteiger partial charge on any atom is 0.329 e. The van der Waals surface area contributed by atoms with E-state index in [1.807, 2.05) is 74.5 Å². The van der Waals surface area contributed by atoms with Gasteiger partial charge in [0.2, 0.25) is 5.91 Å². The number of carbonyl (C=O) groups is 3. The number of esters is 2. The van der Waals surface area contributed by atoms with Gasteiger partial charge in [-0.2, -0.15) is 0 Å². The second kappa shape index (κ2) is 13.4. The molecule has 1 heterocycles. The molecule has 3 rings (SSSR count). The molecule has 8 heteroatoms. The summed E-state index contributed by atoms with van der Waals surface area (Å²) in [5.74, 6) is -1.06. The number of aromatic nitrogens is 1. The second-order valence-corrected chi connectivity index (χ2v) is 9.29. The van der Waals surface area contributed by atoms with Crippen molar-refractivity contribution in [3.63, 3.8) is 0 Å². The molecule has 0 aliphatic rings. The zero-order chi connectivity index (χ0) is 25.9. The molecule has 0 aliphatic heterocycles. The molecule has 0 aliphatic carbocycles. The minimum absolute atomic E-state index is 0.0237. The van der Waals surface area contributed by atoms with E-state index in [4.69, 9.17) is 15.2 Å². The van der Waals surface area contributed by atoms with Gasteiger partial charge < -0.3 is 25.5 Å². The van der Waals surface area contributed by atoms with Crippen molar-refractivity contribution in [3.8, 4) is 0 Å². The number of H-pyrrole nitrogens is 1. The fourth-order valence-corrected chi connectivity index (χ4v) is 3.66. The Hall–Kier alpha value is -3.65. The average molecular weight is 494 g/mol. The van der Waals surface area contributed by atoms with Crippen LogP contribution in [0.3, 0.4) is 0 Å². The lowest BCUT2D eigenvalue weighted by molar-refractivity contribution is -0.149. The van der Waals surface area contributed by atoms with Gasteiger partial charge in [-0.05, 0) is 41.8 Å². The van der Waals surface area contributed by atoms with Crippen LogP contribution in [0.2, 0.25) is 0 Å². The minimum atomic E-state index is -0.940. The molecule has 1 amide bonds. The molecule has 2 aromatic carbocycles. The lowest BCUT2D eigenvalue weighted by Gasteiger charge is -2.18. The van der Waals surface area contributed by atoms with Gasteiger partial charge in [-0.15, -0.1) is 0 Å². The average Bonchev–Trinajstić information content (AvgIpc) is 3.28. The summed E-state index contributed by atoms with van der Waals surface area (Å²) in [6, 6.07) is 17.2. The molecule has 0 unspecified atom stereocenters. The molecular weight excluding hydrogens is 458 g/mol. The van der Waals surface area contributed by atoms with E-state index < -0.39 is 24.0 Å². The van der Waals surface area contributed by atoms with Gasteiger partial charge in [-0.25, -0.2) is 4.79 Å². The molecule has 0 bridgehead atoms. The highest BCUT2D eigenvalue weighted by atomic mass is 16.5. The summed E-state index contributed by atoms with van der Waals surface area (Å²) in [4.78, 5) is 41.0. The van der Waals surface area contributed by atoms with Crippen LogP contribution in [0.25, 0.3) is 10.9 Å². The lowest BCUT2D eigenvalue weighted by Crippen LogP contribution is -2.44. The first-order valence-electron chi connectivity index (χ1n) is 12.3. The highest BCUT2D eigenvalue weighted by Crippen LogP contribution is 2.16. The lowest BCUT2D eigenvalue weighted by atomic mass is 10.1. The Morgan fingerprint density at radius 2 is 1.67 bits per heavy atom. The third-order valence-corrected chi connectivity index (χ3v) is 5.78. The van der Waals surface area contributed by atoms with Crippen LogP contribution in [0.15, 0.2) is 60.7 Å². The highest BCUT2D eigenvalue weighted by molar-refractivity contribution is 5.86. The molecule has 0 saturated heterocycles. The molecule has 8 nitrogen and oxygen atoms in total. The van der Waals surface area contributed by atoms with Gasteiger partial charge in [0.25, 0.3) is 0 Å². The zero-order valence-electron chi connectivity index (χ0n) is 20.9. The van der Waals surface area contributed by atoms with Gasteiger partial charge >= 0.3 is 11.9 Å². The van der Waals surface area contributed by atoms with Crippen molar-refractivity contribution in [1.82, 2.24) is 10.3 Å². The monoisotopic (exact) mass is 493 g/mol. The summed E-state index contributed by atoms with van der Waals surface area (Å²) in [6.45, 7) is 4.50. The highest BCUT2D eigenvalue weighted by Gasteiger charge is 2.25. The number of ether oxygens (including phenoxy) is 2. The van der Waals surface area contributed by atoms with Crippen LogP contribution in [0.5, 0.6) is 0 Å². The predicted molar refractivity (Wildman–Crippen MR) is 138 cm³/mol. The van der Waals surface area contributed by atoms with Crippen LogP contribution in [0.1, 0.15) is 44.4 Å². The molecule has 3 aromatic rings. The fraction of sp³-hybridized carbons (Fsp3) is 0.393. The number of hydrogen-bond acceptors (Lipinski definition) is 6. The van der Waals surface area contributed by atoms with E-state index >= 15 is 0 Å². The Morgan fingerprint density at radius 3 is 2.39 bits per heavy atom. The number of fused-ring (bicyclic) bond motifs is 1. The molecule has 1 aromatic heterocycles. The first-order valence-corrected chi connectivity index (χ1v) is 12.3. The van der Waals surface area contributed by atoms with Crippen LogP contribution in [-0.4, -0.2) is 41.5 Å². The van der Waals surface area contributed by atoms with Crippen molar-refractivity contribution >= 4 is 28.7 Å². The number of rotatable bonds is 13. The number of aromatic amines is 1. The van der Waals surface area contributed by atoms with Gasteiger partial charge in [0.1, 0.15) is 18.7 Å². The summed E-state index contributed by atoms with van der Waals surface area (Å²) >= 11 is 0. The van der Waals surface area contributed by atoms with Crippen LogP contribution in [-0.2, 0) is 36.9 Å². The van der Waals surface area contributed by atoms with Gasteiger partial charge in [0.05, 0.1) is 6.61 Å². The topological polar surface area (TPSA) is 124 Å². The molecular formula is C28H35N3O5. The summed E-state index contributed by atoms with van der Waals surface area (Å²) in [5, 5.41) is 3.78. The van der Waals surface area contributed by atoms with Crippen molar-refractivity contribution in [2.75, 3.05) is 6.61 Å². The summed E-state index contributed by atoms with van der Waals surface area (Å²) in [7, 11) is 0. The number of nitrogens with one attached hydrogen (secondary N) is 2. The van der Waals surface area contributed by atoms with Gasteiger partial charge in [-0.1, -0.05) is 62.4 Å². The minimum Gasteiger partial charge on any atom is -0.464 e. The van der Waals surface area contributed by atoms with Crippen molar-refractivity contribution in [2.24, 2.45) is 11.7 Å². The Kier molecular flexibility index (Phi) is 10.1. The SMILES string of the molecule is CC(C)CCOC(=O)[C@H](Cc1cc2ccccc2[nH]1)NC(=O)CC[C@@H](N)C(=O)OCc1ccccc1. The van der Waals surface area contributed by atoms with E-state index in [-0.39, 0.29) is 38.4 Å². The van der Waals surface area contributed by atoms with E-state index in [9.17, 15) is 14.4 Å². The molecule has 0 radical (unpaired) electrons. The number of carbonyl (C=O) groups excluding carboxylic acids is 3. The van der Waals surface area contributed by atoms with E-state index in [0.29, 0.717) is 5.92 Å². The van der Waals surface area contributed by atoms with Crippen LogP contribution < -0.4 is 11.1 Å². The molecule has 0 spiro atoms. The zero-order valence-corrected chi connectivity index (χ0v) is 20.9. The Morgan fingerprint density at radius 1 is 0.944 bits per heavy atom. The van der Waals surface area contributed by atoms with Crippen LogP contribution in [0.4, 0.5) is 0 Å². The quantitative estimate of drug-likeness (QED) is 0.313. The maximum atomic E-state index is 12.8. The Labute approximate surface area is 211 Å². The van der Waals surface area contributed by atoms with Crippen molar-refractivity contribution < 1.29 is 23.9 Å². The smallest absolute Gasteiger partial charge is 0.329 e. The summed E-state index contributed by atoms with van der Waals surface area (Å²) < 4.78 is 10.7. The largest absolute Gasteiger partial charge is 0.464 e. The predicted octanol–water partition coefficient (Wildman–Crippen LogP) is 3.64. The number of para-hydroxylation sites is 1. The fourth-order valence-electron chi connectivity index (χ4n) is 3.66. The first kappa shape index (κ1) is 26.9. The molecule has 0 fully saturated rings. The van der Waals surface area contributed by atoms with Crippen molar-refractivity contribution in [1.29, 1.82) is 0 Å². The molecule has 192 valence electrons. The number of benzene rings is 2. The van der Waals surface area contributed by atoms with Gasteiger partial charge in [0.15, 0.2) is 0 Å². The van der Waals surface area contributed by atoms with E-state index in [0.717, 1.165) is 28.6 Å². The van der Waals surface area contributed by atoms with E-state index in [1.54, 1.807) is 0 Å². The number of hydrogen-bond donors (Lipinski definition) is 3.